The summed E-state index contributed by atoms with van der Waals surface area (Å²) in [6.45, 7) is 1.11. The van der Waals surface area contributed by atoms with E-state index in [-0.39, 0.29) is 10.9 Å². The minimum atomic E-state index is -4.18. The Hall–Kier alpha value is -1.60. The maximum Gasteiger partial charge on any atom is 0.321 e. The molecule has 1 aromatic rings. The lowest BCUT2D eigenvalue weighted by atomic mass is 10.3. The average Bonchev–Trinajstić information content (AvgIpc) is 2.63. The maximum atomic E-state index is 11.3. The van der Waals surface area contributed by atoms with E-state index >= 15 is 0 Å². The van der Waals surface area contributed by atoms with Crippen molar-refractivity contribution in [3.05, 3.63) is 24.3 Å². The Morgan fingerprint density at radius 2 is 1.88 bits per heavy atom. The molecular weight excluding hydrogens is 232 g/mol. The molecule has 0 aromatic heterocycles. The van der Waals surface area contributed by atoms with Crippen molar-refractivity contribution in [2.24, 2.45) is 0 Å². The molecule has 6 nitrogen and oxygen atoms in total. The SMILES string of the molecule is O=C1NCCN1c1ccc(S(=O)(=O)O)cc1. The summed E-state index contributed by atoms with van der Waals surface area (Å²) >= 11 is 0. The first-order valence-electron chi connectivity index (χ1n) is 4.61. The fraction of sp³-hybridized carbons (Fsp3) is 0.222. The third-order valence-corrected chi connectivity index (χ3v) is 3.17. The number of urea groups is 1. The third kappa shape index (κ3) is 2.00. The van der Waals surface area contributed by atoms with E-state index in [0.717, 1.165) is 0 Å². The predicted octanol–water partition coefficient (Wildman–Crippen LogP) is 0.463. The number of carbonyl (C=O) groups excluding carboxylic acids is 1. The molecule has 2 rings (SSSR count). The van der Waals surface area contributed by atoms with E-state index in [1.165, 1.54) is 29.2 Å². The molecule has 7 heteroatoms. The van der Waals surface area contributed by atoms with Crippen LogP contribution in [0.15, 0.2) is 29.2 Å². The molecule has 0 unspecified atom stereocenters. The van der Waals surface area contributed by atoms with Gasteiger partial charge < -0.3 is 5.32 Å². The van der Waals surface area contributed by atoms with E-state index in [9.17, 15) is 13.2 Å². The van der Waals surface area contributed by atoms with Crippen molar-refractivity contribution < 1.29 is 17.8 Å². The highest BCUT2D eigenvalue weighted by Crippen LogP contribution is 2.19. The van der Waals surface area contributed by atoms with Gasteiger partial charge in [0.1, 0.15) is 0 Å². The number of hydrogen-bond donors (Lipinski definition) is 2. The Kier molecular flexibility index (Phi) is 2.56. The largest absolute Gasteiger partial charge is 0.336 e. The molecule has 1 aliphatic rings. The summed E-state index contributed by atoms with van der Waals surface area (Å²) in [5, 5.41) is 2.63. The van der Waals surface area contributed by atoms with Crippen LogP contribution in [0.25, 0.3) is 0 Å². The highest BCUT2D eigenvalue weighted by atomic mass is 32.2. The molecule has 0 atom stereocenters. The number of rotatable bonds is 2. The van der Waals surface area contributed by atoms with Crippen molar-refractivity contribution in [2.75, 3.05) is 18.0 Å². The number of carbonyl (C=O) groups is 1. The lowest BCUT2D eigenvalue weighted by Gasteiger charge is -2.13. The summed E-state index contributed by atoms with van der Waals surface area (Å²) in [6, 6.07) is 5.27. The normalized spacial score (nSPS) is 16.3. The number of benzene rings is 1. The molecule has 16 heavy (non-hydrogen) atoms. The fourth-order valence-electron chi connectivity index (χ4n) is 1.52. The Bertz CT molecular complexity index is 509. The zero-order valence-corrected chi connectivity index (χ0v) is 9.07. The molecule has 1 fully saturated rings. The van der Waals surface area contributed by atoms with Gasteiger partial charge in [-0.05, 0) is 24.3 Å². The van der Waals surface area contributed by atoms with Gasteiger partial charge >= 0.3 is 6.03 Å². The van der Waals surface area contributed by atoms with Crippen molar-refractivity contribution in [3.8, 4) is 0 Å². The molecule has 1 aliphatic heterocycles. The van der Waals surface area contributed by atoms with Gasteiger partial charge in [0, 0.05) is 18.8 Å². The zero-order chi connectivity index (χ0) is 11.8. The second kappa shape index (κ2) is 3.76. The van der Waals surface area contributed by atoms with Crippen LogP contribution < -0.4 is 10.2 Å². The standard InChI is InChI=1S/C9H10N2O4S/c12-9-10-5-6-11(9)7-1-3-8(4-2-7)16(13,14)15/h1-4H,5-6H2,(H,10,12)(H,13,14,15). The first-order chi connectivity index (χ1) is 7.48. The van der Waals surface area contributed by atoms with Crippen molar-refractivity contribution in [1.82, 2.24) is 5.32 Å². The smallest absolute Gasteiger partial charge is 0.321 e. The lowest BCUT2D eigenvalue weighted by Crippen LogP contribution is -2.27. The van der Waals surface area contributed by atoms with Crippen molar-refractivity contribution >= 4 is 21.8 Å². The molecule has 0 radical (unpaired) electrons. The van der Waals surface area contributed by atoms with Gasteiger partial charge in [-0.25, -0.2) is 4.79 Å². The number of nitrogens with one attached hydrogen (secondary N) is 1. The topological polar surface area (TPSA) is 86.7 Å². The molecule has 0 saturated carbocycles. The van der Waals surface area contributed by atoms with Crippen LogP contribution in [-0.4, -0.2) is 32.1 Å². The highest BCUT2D eigenvalue weighted by Gasteiger charge is 2.21. The summed E-state index contributed by atoms with van der Waals surface area (Å²) in [5.74, 6) is 0. The first kappa shape index (κ1) is 10.9. The Morgan fingerprint density at radius 3 is 2.31 bits per heavy atom. The van der Waals surface area contributed by atoms with Gasteiger partial charge in [0.05, 0.1) is 4.90 Å². The van der Waals surface area contributed by atoms with E-state index in [1.807, 2.05) is 0 Å². The van der Waals surface area contributed by atoms with E-state index in [1.54, 1.807) is 0 Å². The molecule has 86 valence electrons. The van der Waals surface area contributed by atoms with E-state index in [0.29, 0.717) is 18.8 Å². The lowest BCUT2D eigenvalue weighted by molar-refractivity contribution is 0.252. The first-order valence-corrected chi connectivity index (χ1v) is 6.05. The van der Waals surface area contributed by atoms with E-state index in [4.69, 9.17) is 4.55 Å². The number of nitrogens with zero attached hydrogens (tertiary/aromatic N) is 1. The summed E-state index contributed by atoms with van der Waals surface area (Å²) < 4.78 is 30.4. The van der Waals surface area contributed by atoms with Gasteiger partial charge in [-0.1, -0.05) is 0 Å². The number of amides is 2. The minimum Gasteiger partial charge on any atom is -0.336 e. The van der Waals surface area contributed by atoms with Crippen LogP contribution in [0.4, 0.5) is 10.5 Å². The minimum absolute atomic E-state index is 0.184. The summed E-state index contributed by atoms with van der Waals surface area (Å²) in [6.07, 6.45) is 0. The van der Waals surface area contributed by atoms with Crippen molar-refractivity contribution in [3.63, 3.8) is 0 Å². The van der Waals surface area contributed by atoms with Crippen molar-refractivity contribution in [1.29, 1.82) is 0 Å². The average molecular weight is 242 g/mol. The Balaban J connectivity index is 2.29. The van der Waals surface area contributed by atoms with Gasteiger partial charge in [-0.15, -0.1) is 0 Å². The molecule has 0 aliphatic carbocycles. The quantitative estimate of drug-likeness (QED) is 0.738. The molecule has 1 saturated heterocycles. The summed E-state index contributed by atoms with van der Waals surface area (Å²) in [5.41, 5.74) is 0.599. The van der Waals surface area contributed by atoms with Gasteiger partial charge in [0.2, 0.25) is 0 Å². The van der Waals surface area contributed by atoms with Crippen molar-refractivity contribution in [2.45, 2.75) is 4.90 Å². The molecule has 1 heterocycles. The number of anilines is 1. The molecule has 0 spiro atoms. The molecule has 0 bridgehead atoms. The second-order valence-electron chi connectivity index (χ2n) is 3.35. The van der Waals surface area contributed by atoms with E-state index in [2.05, 4.69) is 5.32 Å². The van der Waals surface area contributed by atoms with Crippen LogP contribution in [0.2, 0.25) is 0 Å². The van der Waals surface area contributed by atoms with Crippen LogP contribution in [0.3, 0.4) is 0 Å². The Morgan fingerprint density at radius 1 is 1.25 bits per heavy atom. The van der Waals surface area contributed by atoms with Gasteiger partial charge in [0.25, 0.3) is 10.1 Å². The van der Waals surface area contributed by atoms with Gasteiger partial charge in [-0.3, -0.25) is 9.45 Å². The predicted molar refractivity (Wildman–Crippen MR) is 57.0 cm³/mol. The highest BCUT2D eigenvalue weighted by molar-refractivity contribution is 7.85. The van der Waals surface area contributed by atoms with E-state index < -0.39 is 10.1 Å². The number of hydrogen-bond acceptors (Lipinski definition) is 3. The maximum absolute atomic E-state index is 11.3. The summed E-state index contributed by atoms with van der Waals surface area (Å²) in [4.78, 5) is 12.6. The fourth-order valence-corrected chi connectivity index (χ4v) is 2.00. The molecule has 2 N–H and O–H groups in total. The third-order valence-electron chi connectivity index (χ3n) is 2.30. The Labute approximate surface area is 92.6 Å². The van der Waals surface area contributed by atoms with Crippen LogP contribution in [0.1, 0.15) is 0 Å². The van der Waals surface area contributed by atoms with Crippen LogP contribution in [-0.2, 0) is 10.1 Å². The summed E-state index contributed by atoms with van der Waals surface area (Å²) in [7, 11) is -4.18. The van der Waals surface area contributed by atoms with Crippen LogP contribution in [0, 0.1) is 0 Å². The van der Waals surface area contributed by atoms with Crippen LogP contribution in [0.5, 0.6) is 0 Å². The molecule has 2 amide bonds. The molecule has 1 aromatic carbocycles. The van der Waals surface area contributed by atoms with Gasteiger partial charge in [0.15, 0.2) is 0 Å². The molecular formula is C9H10N2O4S. The second-order valence-corrected chi connectivity index (χ2v) is 4.77. The van der Waals surface area contributed by atoms with Gasteiger partial charge in [-0.2, -0.15) is 8.42 Å². The monoisotopic (exact) mass is 242 g/mol. The zero-order valence-electron chi connectivity index (χ0n) is 8.25. The van der Waals surface area contributed by atoms with Crippen LogP contribution >= 0.6 is 0 Å².